The monoisotopic (exact) mass is 345 g/mol. The molecule has 5 nitrogen and oxygen atoms in total. The lowest BCUT2D eigenvalue weighted by Gasteiger charge is -2.22. The minimum atomic E-state index is -0.222. The number of aromatic nitrogens is 2. The van der Waals surface area contributed by atoms with Gasteiger partial charge in [-0.3, -0.25) is 9.59 Å². The lowest BCUT2D eigenvalue weighted by atomic mass is 10.1. The lowest BCUT2D eigenvalue weighted by Crippen LogP contribution is -2.37. The van der Waals surface area contributed by atoms with Gasteiger partial charge in [0.25, 0.3) is 11.5 Å². The maximum absolute atomic E-state index is 13.1. The molecule has 4 rings (SSSR count). The van der Waals surface area contributed by atoms with Gasteiger partial charge in [-0.15, -0.1) is 0 Å². The predicted molar refractivity (Wildman–Crippen MR) is 100 cm³/mol. The van der Waals surface area contributed by atoms with Gasteiger partial charge >= 0.3 is 0 Å². The summed E-state index contributed by atoms with van der Waals surface area (Å²) in [5.41, 5.74) is 3.11. The summed E-state index contributed by atoms with van der Waals surface area (Å²) in [6, 6.07) is 20.5. The normalized spacial score (nSPS) is 15.7. The van der Waals surface area contributed by atoms with Crippen molar-refractivity contribution < 1.29 is 4.79 Å². The topological polar surface area (TPSA) is 55.2 Å². The fourth-order valence-electron chi connectivity index (χ4n) is 3.43. The van der Waals surface area contributed by atoms with E-state index in [1.54, 1.807) is 4.90 Å². The SMILES string of the molecule is C[C@@H]1Cc2ccccc2N1C(=O)c1ccc(=O)n(Cc2ccccc2)n1. The van der Waals surface area contributed by atoms with Gasteiger partial charge < -0.3 is 4.90 Å². The fraction of sp³-hybridized carbons (Fsp3) is 0.190. The Morgan fingerprint density at radius 2 is 1.77 bits per heavy atom. The average Bonchev–Trinajstić information content (AvgIpc) is 2.99. The lowest BCUT2D eigenvalue weighted by molar-refractivity contribution is 0.0974. The van der Waals surface area contributed by atoms with Crippen LogP contribution in [0.15, 0.2) is 71.5 Å². The van der Waals surface area contributed by atoms with E-state index in [2.05, 4.69) is 5.10 Å². The molecule has 1 aromatic heterocycles. The number of para-hydroxylation sites is 1. The Morgan fingerprint density at radius 1 is 1.04 bits per heavy atom. The molecule has 0 radical (unpaired) electrons. The highest BCUT2D eigenvalue weighted by Crippen LogP contribution is 2.32. The van der Waals surface area contributed by atoms with Crippen LogP contribution in [0, 0.1) is 0 Å². The zero-order chi connectivity index (χ0) is 18.1. The number of hydrogen-bond acceptors (Lipinski definition) is 3. The van der Waals surface area contributed by atoms with Crippen molar-refractivity contribution in [2.75, 3.05) is 4.90 Å². The Hall–Kier alpha value is -3.21. The molecule has 3 aromatic rings. The summed E-state index contributed by atoms with van der Waals surface area (Å²) in [4.78, 5) is 27.0. The second-order valence-electron chi connectivity index (χ2n) is 6.56. The third-order valence-electron chi connectivity index (χ3n) is 4.69. The third kappa shape index (κ3) is 2.92. The molecule has 2 heterocycles. The number of anilines is 1. The third-order valence-corrected chi connectivity index (χ3v) is 4.69. The van der Waals surface area contributed by atoms with E-state index in [-0.39, 0.29) is 23.2 Å². The highest BCUT2D eigenvalue weighted by Gasteiger charge is 2.32. The zero-order valence-corrected chi connectivity index (χ0v) is 14.5. The first-order valence-corrected chi connectivity index (χ1v) is 8.67. The summed E-state index contributed by atoms with van der Waals surface area (Å²) in [6.07, 6.45) is 0.825. The number of rotatable bonds is 3. The highest BCUT2D eigenvalue weighted by molar-refractivity contribution is 6.06. The van der Waals surface area contributed by atoms with Crippen LogP contribution in [0.5, 0.6) is 0 Å². The summed E-state index contributed by atoms with van der Waals surface area (Å²) in [7, 11) is 0. The van der Waals surface area contributed by atoms with Gasteiger partial charge in [-0.25, -0.2) is 4.68 Å². The summed E-state index contributed by atoms with van der Waals surface area (Å²) in [5, 5.41) is 4.33. The zero-order valence-electron chi connectivity index (χ0n) is 14.5. The van der Waals surface area contributed by atoms with E-state index in [4.69, 9.17) is 0 Å². The number of amides is 1. The van der Waals surface area contributed by atoms with Crippen LogP contribution >= 0.6 is 0 Å². The van der Waals surface area contributed by atoms with Crippen molar-refractivity contribution in [3.8, 4) is 0 Å². The molecule has 1 atom stereocenters. The number of fused-ring (bicyclic) bond motifs is 1. The van der Waals surface area contributed by atoms with Gasteiger partial charge in [0.2, 0.25) is 0 Å². The van der Waals surface area contributed by atoms with Crippen LogP contribution in [0.3, 0.4) is 0 Å². The second-order valence-corrected chi connectivity index (χ2v) is 6.56. The van der Waals surface area contributed by atoms with Crippen molar-refractivity contribution in [3.05, 3.63) is 93.9 Å². The Labute approximate surface area is 151 Å². The van der Waals surface area contributed by atoms with Gasteiger partial charge in [0.1, 0.15) is 5.69 Å². The predicted octanol–water partition coefficient (Wildman–Crippen LogP) is 2.88. The van der Waals surface area contributed by atoms with Crippen LogP contribution in [-0.4, -0.2) is 21.7 Å². The second kappa shape index (κ2) is 6.59. The van der Waals surface area contributed by atoms with Crippen molar-refractivity contribution in [1.82, 2.24) is 9.78 Å². The Balaban J connectivity index is 1.67. The smallest absolute Gasteiger partial charge is 0.278 e. The van der Waals surface area contributed by atoms with Crippen LogP contribution in [0.1, 0.15) is 28.5 Å². The van der Waals surface area contributed by atoms with E-state index in [1.165, 1.54) is 16.8 Å². The van der Waals surface area contributed by atoms with E-state index in [0.717, 1.165) is 23.2 Å². The number of hydrogen-bond donors (Lipinski definition) is 0. The molecule has 2 aromatic carbocycles. The molecule has 0 bridgehead atoms. The molecule has 0 spiro atoms. The van der Waals surface area contributed by atoms with Gasteiger partial charge in [0, 0.05) is 17.8 Å². The molecular weight excluding hydrogens is 326 g/mol. The van der Waals surface area contributed by atoms with Crippen molar-refractivity contribution >= 4 is 11.6 Å². The molecule has 26 heavy (non-hydrogen) atoms. The number of carbonyl (C=O) groups is 1. The van der Waals surface area contributed by atoms with E-state index >= 15 is 0 Å². The van der Waals surface area contributed by atoms with E-state index in [0.29, 0.717) is 6.54 Å². The van der Waals surface area contributed by atoms with Gasteiger partial charge in [-0.2, -0.15) is 5.10 Å². The molecule has 0 unspecified atom stereocenters. The minimum absolute atomic E-state index is 0.0659. The molecule has 0 saturated heterocycles. The number of nitrogens with zero attached hydrogens (tertiary/aromatic N) is 3. The first kappa shape index (κ1) is 16.3. The van der Waals surface area contributed by atoms with Gasteiger partial charge in [0.05, 0.1) is 6.54 Å². The Morgan fingerprint density at radius 3 is 2.58 bits per heavy atom. The maximum Gasteiger partial charge on any atom is 0.278 e. The summed E-state index contributed by atoms with van der Waals surface area (Å²) < 4.78 is 1.34. The van der Waals surface area contributed by atoms with Gasteiger partial charge in [-0.1, -0.05) is 48.5 Å². The molecule has 1 amide bonds. The van der Waals surface area contributed by atoms with Crippen molar-refractivity contribution in [1.29, 1.82) is 0 Å². The van der Waals surface area contributed by atoms with Crippen LogP contribution in [-0.2, 0) is 13.0 Å². The van der Waals surface area contributed by atoms with Crippen LogP contribution in [0.25, 0.3) is 0 Å². The van der Waals surface area contributed by atoms with Crippen LogP contribution < -0.4 is 10.5 Å². The molecule has 1 aliphatic heterocycles. The number of carbonyl (C=O) groups excluding carboxylic acids is 1. The first-order valence-electron chi connectivity index (χ1n) is 8.67. The van der Waals surface area contributed by atoms with E-state index in [1.807, 2.05) is 61.5 Å². The van der Waals surface area contributed by atoms with Gasteiger partial charge in [-0.05, 0) is 36.6 Å². The fourth-order valence-corrected chi connectivity index (χ4v) is 3.43. The van der Waals surface area contributed by atoms with Crippen LogP contribution in [0.4, 0.5) is 5.69 Å². The van der Waals surface area contributed by atoms with Crippen LogP contribution in [0.2, 0.25) is 0 Å². The maximum atomic E-state index is 13.1. The standard InChI is InChI=1S/C21H19N3O2/c1-15-13-17-9-5-6-10-19(17)24(15)21(26)18-11-12-20(25)23(22-18)14-16-7-3-2-4-8-16/h2-12,15H,13-14H2,1H3/t15-/m1/s1. The molecule has 0 aliphatic carbocycles. The summed E-state index contributed by atoms with van der Waals surface area (Å²) in [6.45, 7) is 2.37. The van der Waals surface area contributed by atoms with E-state index < -0.39 is 0 Å². The summed E-state index contributed by atoms with van der Waals surface area (Å²) >= 11 is 0. The molecule has 5 heteroatoms. The quantitative estimate of drug-likeness (QED) is 0.733. The molecular formula is C21H19N3O2. The van der Waals surface area contributed by atoms with Crippen molar-refractivity contribution in [2.24, 2.45) is 0 Å². The number of benzene rings is 2. The Bertz CT molecular complexity index is 1010. The molecule has 0 N–H and O–H groups in total. The van der Waals surface area contributed by atoms with E-state index in [9.17, 15) is 9.59 Å². The highest BCUT2D eigenvalue weighted by atomic mass is 16.2. The molecule has 130 valence electrons. The Kier molecular flexibility index (Phi) is 4.13. The van der Waals surface area contributed by atoms with Crippen molar-refractivity contribution in [2.45, 2.75) is 25.9 Å². The largest absolute Gasteiger partial charge is 0.304 e. The van der Waals surface area contributed by atoms with Crippen molar-refractivity contribution in [3.63, 3.8) is 0 Å². The molecule has 0 fully saturated rings. The minimum Gasteiger partial charge on any atom is -0.304 e. The molecule has 1 aliphatic rings. The first-order chi connectivity index (χ1) is 12.6. The molecule has 0 saturated carbocycles. The average molecular weight is 345 g/mol. The van der Waals surface area contributed by atoms with Gasteiger partial charge in [0.15, 0.2) is 0 Å². The summed E-state index contributed by atoms with van der Waals surface area (Å²) in [5.74, 6) is -0.177.